The molecule has 1 unspecified atom stereocenters. The van der Waals surface area contributed by atoms with Crippen molar-refractivity contribution in [3.05, 3.63) is 58.1 Å². The maximum Gasteiger partial charge on any atom is 0.416 e. The average molecular weight is 438 g/mol. The summed E-state index contributed by atoms with van der Waals surface area (Å²) in [5, 5.41) is 12.9. The Morgan fingerprint density at radius 1 is 1.04 bits per heavy atom. The van der Waals surface area contributed by atoms with Crippen LogP contribution in [0.3, 0.4) is 0 Å². The van der Waals surface area contributed by atoms with E-state index >= 15 is 0 Å². The summed E-state index contributed by atoms with van der Waals surface area (Å²) in [4.78, 5) is 11.7. The van der Waals surface area contributed by atoms with Gasteiger partial charge in [0.25, 0.3) is 5.91 Å². The first kappa shape index (κ1) is 22.1. The van der Waals surface area contributed by atoms with Gasteiger partial charge in [0.1, 0.15) is 24.2 Å². The van der Waals surface area contributed by atoms with Crippen LogP contribution in [0.1, 0.15) is 5.56 Å². The first-order valence-electron chi connectivity index (χ1n) is 7.98. The monoisotopic (exact) mass is 437 g/mol. The molecule has 152 valence electrons. The Labute approximate surface area is 169 Å². The van der Waals surface area contributed by atoms with Crippen molar-refractivity contribution in [1.82, 2.24) is 5.32 Å². The van der Waals surface area contributed by atoms with Crippen LogP contribution in [0.5, 0.6) is 11.5 Å². The minimum absolute atomic E-state index is 0.121. The Bertz CT molecular complexity index is 800. The summed E-state index contributed by atoms with van der Waals surface area (Å²) in [6, 6.07) is 8.60. The van der Waals surface area contributed by atoms with Crippen LogP contribution < -0.4 is 14.8 Å². The molecule has 2 N–H and O–H groups in total. The van der Waals surface area contributed by atoms with Crippen LogP contribution >= 0.6 is 23.2 Å². The summed E-state index contributed by atoms with van der Waals surface area (Å²) in [7, 11) is 0. The molecule has 0 fully saturated rings. The number of benzene rings is 2. The Morgan fingerprint density at radius 3 is 2.29 bits per heavy atom. The Balaban J connectivity index is 1.69. The van der Waals surface area contributed by atoms with Crippen LogP contribution in [0.4, 0.5) is 13.2 Å². The summed E-state index contributed by atoms with van der Waals surface area (Å²) >= 11 is 11.6. The van der Waals surface area contributed by atoms with Crippen molar-refractivity contribution in [2.45, 2.75) is 12.3 Å². The lowest BCUT2D eigenvalue weighted by molar-refractivity contribution is -0.137. The van der Waals surface area contributed by atoms with E-state index in [4.69, 9.17) is 32.7 Å². The lowest BCUT2D eigenvalue weighted by atomic mass is 10.2. The standard InChI is InChI=1S/C18H16Cl2F3NO4/c19-15-6-5-14(7-16(15)20)28-10-17(26)24-8-12(25)9-27-13-3-1-11(2-4-13)18(21,22)23/h1-7,12,25H,8-10H2,(H,24,26). The van der Waals surface area contributed by atoms with Gasteiger partial charge in [-0.3, -0.25) is 4.79 Å². The molecule has 10 heteroatoms. The van der Waals surface area contributed by atoms with Gasteiger partial charge in [0, 0.05) is 12.6 Å². The molecule has 0 bridgehead atoms. The number of ether oxygens (including phenoxy) is 2. The number of aliphatic hydroxyl groups excluding tert-OH is 1. The largest absolute Gasteiger partial charge is 0.491 e. The quantitative estimate of drug-likeness (QED) is 0.655. The third-order valence-corrected chi connectivity index (χ3v) is 4.16. The number of rotatable bonds is 8. The zero-order valence-corrected chi connectivity index (χ0v) is 15.8. The number of carbonyl (C=O) groups excluding carboxylic acids is 1. The zero-order valence-electron chi connectivity index (χ0n) is 14.3. The summed E-state index contributed by atoms with van der Waals surface area (Å²) in [5.74, 6) is 0.0386. The van der Waals surface area contributed by atoms with Crippen LogP contribution in [-0.2, 0) is 11.0 Å². The van der Waals surface area contributed by atoms with Crippen LogP contribution in [0.25, 0.3) is 0 Å². The van der Waals surface area contributed by atoms with E-state index in [2.05, 4.69) is 5.32 Å². The molecule has 1 atom stereocenters. The molecule has 0 heterocycles. The van der Waals surface area contributed by atoms with E-state index in [0.717, 1.165) is 24.3 Å². The second-order valence-corrected chi connectivity index (χ2v) is 6.47. The fraction of sp³-hybridized carbons (Fsp3) is 0.278. The zero-order chi connectivity index (χ0) is 20.7. The maximum absolute atomic E-state index is 12.5. The number of halogens is 5. The number of hydrogen-bond donors (Lipinski definition) is 2. The number of alkyl halides is 3. The number of amides is 1. The molecule has 0 saturated heterocycles. The Morgan fingerprint density at radius 2 is 1.68 bits per heavy atom. The molecule has 0 aliphatic rings. The Hall–Kier alpha value is -2.16. The van der Waals surface area contributed by atoms with E-state index in [-0.39, 0.29) is 30.5 Å². The van der Waals surface area contributed by atoms with Crippen molar-refractivity contribution in [2.75, 3.05) is 19.8 Å². The summed E-state index contributed by atoms with van der Waals surface area (Å²) in [5.41, 5.74) is -0.797. The maximum atomic E-state index is 12.5. The lowest BCUT2D eigenvalue weighted by Gasteiger charge is -2.14. The topological polar surface area (TPSA) is 67.8 Å². The summed E-state index contributed by atoms with van der Waals surface area (Å²) < 4.78 is 47.9. The van der Waals surface area contributed by atoms with Gasteiger partial charge in [0.15, 0.2) is 6.61 Å². The van der Waals surface area contributed by atoms with Gasteiger partial charge in [-0.1, -0.05) is 23.2 Å². The molecule has 5 nitrogen and oxygen atoms in total. The van der Waals surface area contributed by atoms with Gasteiger partial charge in [-0.15, -0.1) is 0 Å². The van der Waals surface area contributed by atoms with Crippen molar-refractivity contribution < 1.29 is 32.5 Å². The van der Waals surface area contributed by atoms with E-state index in [9.17, 15) is 23.1 Å². The third-order valence-electron chi connectivity index (χ3n) is 3.42. The lowest BCUT2D eigenvalue weighted by Crippen LogP contribution is -2.37. The van der Waals surface area contributed by atoms with Crippen molar-refractivity contribution >= 4 is 29.1 Å². The molecule has 1 amide bonds. The first-order valence-corrected chi connectivity index (χ1v) is 8.73. The highest BCUT2D eigenvalue weighted by Crippen LogP contribution is 2.30. The van der Waals surface area contributed by atoms with Gasteiger partial charge in [-0.25, -0.2) is 0 Å². The fourth-order valence-electron chi connectivity index (χ4n) is 1.99. The van der Waals surface area contributed by atoms with Gasteiger partial charge in [0.05, 0.1) is 15.6 Å². The highest BCUT2D eigenvalue weighted by atomic mass is 35.5. The van der Waals surface area contributed by atoms with Crippen molar-refractivity contribution in [1.29, 1.82) is 0 Å². The van der Waals surface area contributed by atoms with E-state index < -0.39 is 23.8 Å². The van der Waals surface area contributed by atoms with Crippen LogP contribution in [0, 0.1) is 0 Å². The number of nitrogens with one attached hydrogen (secondary N) is 1. The second kappa shape index (κ2) is 9.86. The van der Waals surface area contributed by atoms with Gasteiger partial charge < -0.3 is 19.9 Å². The molecular formula is C18H16Cl2F3NO4. The highest BCUT2D eigenvalue weighted by Gasteiger charge is 2.30. The van der Waals surface area contributed by atoms with Crippen molar-refractivity contribution in [3.63, 3.8) is 0 Å². The van der Waals surface area contributed by atoms with Crippen LogP contribution in [0.2, 0.25) is 10.0 Å². The molecule has 0 spiro atoms. The van der Waals surface area contributed by atoms with E-state index in [1.165, 1.54) is 12.1 Å². The van der Waals surface area contributed by atoms with Gasteiger partial charge >= 0.3 is 6.18 Å². The number of hydrogen-bond acceptors (Lipinski definition) is 4. The molecule has 2 aromatic rings. The minimum Gasteiger partial charge on any atom is -0.491 e. The minimum atomic E-state index is -4.43. The fourth-order valence-corrected chi connectivity index (χ4v) is 2.28. The number of aliphatic hydroxyl groups is 1. The van der Waals surface area contributed by atoms with E-state index in [1.54, 1.807) is 6.07 Å². The molecule has 28 heavy (non-hydrogen) atoms. The van der Waals surface area contributed by atoms with Crippen molar-refractivity contribution in [2.24, 2.45) is 0 Å². The molecule has 0 aromatic heterocycles. The van der Waals surface area contributed by atoms with Crippen LogP contribution in [-0.4, -0.2) is 36.9 Å². The van der Waals surface area contributed by atoms with E-state index in [0.29, 0.717) is 10.8 Å². The molecule has 0 aliphatic heterocycles. The summed E-state index contributed by atoms with van der Waals surface area (Å²) in [6.07, 6.45) is -5.49. The van der Waals surface area contributed by atoms with Crippen molar-refractivity contribution in [3.8, 4) is 11.5 Å². The molecule has 0 aliphatic carbocycles. The van der Waals surface area contributed by atoms with Gasteiger partial charge in [0.2, 0.25) is 0 Å². The van der Waals surface area contributed by atoms with E-state index in [1.807, 2.05) is 0 Å². The Kier molecular flexibility index (Phi) is 7.79. The van der Waals surface area contributed by atoms with Gasteiger partial charge in [-0.05, 0) is 36.4 Å². The van der Waals surface area contributed by atoms with Gasteiger partial charge in [-0.2, -0.15) is 13.2 Å². The normalized spacial score (nSPS) is 12.4. The number of carbonyl (C=O) groups is 1. The molecule has 2 rings (SSSR count). The average Bonchev–Trinajstić information content (AvgIpc) is 2.65. The predicted octanol–water partition coefficient (Wildman–Crippen LogP) is 3.95. The highest BCUT2D eigenvalue weighted by molar-refractivity contribution is 6.42. The molecular weight excluding hydrogens is 422 g/mol. The second-order valence-electron chi connectivity index (χ2n) is 5.66. The summed E-state index contributed by atoms with van der Waals surface area (Å²) in [6.45, 7) is -0.631. The molecule has 0 radical (unpaired) electrons. The third kappa shape index (κ3) is 7.10. The first-order chi connectivity index (χ1) is 13.1. The van der Waals surface area contributed by atoms with Crippen LogP contribution in [0.15, 0.2) is 42.5 Å². The molecule has 0 saturated carbocycles. The smallest absolute Gasteiger partial charge is 0.416 e. The molecule has 2 aromatic carbocycles. The SMILES string of the molecule is O=C(COc1ccc(Cl)c(Cl)c1)NCC(O)COc1ccc(C(F)(F)F)cc1. The predicted molar refractivity (Wildman–Crippen MR) is 97.9 cm³/mol.